The summed E-state index contributed by atoms with van der Waals surface area (Å²) >= 11 is 0. The van der Waals surface area contributed by atoms with Gasteiger partial charge in [0.1, 0.15) is 0 Å². The van der Waals surface area contributed by atoms with Crippen LogP contribution in [0.15, 0.2) is 12.3 Å². The number of aryl methyl sites for hydroxylation is 2. The van der Waals surface area contributed by atoms with Crippen molar-refractivity contribution in [2.45, 2.75) is 19.8 Å². The van der Waals surface area contributed by atoms with E-state index in [1.54, 1.807) is 10.9 Å². The van der Waals surface area contributed by atoms with Crippen LogP contribution >= 0.6 is 0 Å². The third kappa shape index (κ3) is 2.51. The summed E-state index contributed by atoms with van der Waals surface area (Å²) in [6.45, 7) is 3.54. The van der Waals surface area contributed by atoms with Crippen LogP contribution in [0.25, 0.3) is 11.0 Å². The van der Waals surface area contributed by atoms with E-state index in [-0.39, 0.29) is 12.5 Å². The van der Waals surface area contributed by atoms with E-state index in [0.29, 0.717) is 24.6 Å². The maximum absolute atomic E-state index is 12.6. The van der Waals surface area contributed by atoms with Crippen LogP contribution < -0.4 is 0 Å². The second-order valence-corrected chi connectivity index (χ2v) is 5.72. The van der Waals surface area contributed by atoms with Crippen molar-refractivity contribution < 1.29 is 9.90 Å². The van der Waals surface area contributed by atoms with Crippen LogP contribution in [0.1, 0.15) is 28.9 Å². The van der Waals surface area contributed by atoms with Crippen molar-refractivity contribution >= 4 is 16.9 Å². The minimum absolute atomic E-state index is 0.0176. The predicted octanol–water partition coefficient (Wildman–Crippen LogP) is 1.12. The second kappa shape index (κ2) is 5.44. The van der Waals surface area contributed by atoms with Crippen molar-refractivity contribution in [2.75, 3.05) is 19.7 Å². The lowest BCUT2D eigenvalue weighted by atomic mass is 9.97. The number of hydrogen-bond donors (Lipinski definition) is 1. The topological polar surface area (TPSA) is 71.2 Å². The molecule has 0 unspecified atom stereocenters. The summed E-state index contributed by atoms with van der Waals surface area (Å²) in [5.41, 5.74) is 2.29. The lowest BCUT2D eigenvalue weighted by Gasteiger charge is -2.31. The SMILES string of the molecule is Cc1nn(C)c2ncc(C(=O)N3CCC(CO)CC3)cc12. The van der Waals surface area contributed by atoms with Gasteiger partial charge in [0.2, 0.25) is 0 Å². The third-order valence-electron chi connectivity index (χ3n) is 4.27. The van der Waals surface area contributed by atoms with Gasteiger partial charge < -0.3 is 10.0 Å². The van der Waals surface area contributed by atoms with Crippen LogP contribution in [0.2, 0.25) is 0 Å². The minimum Gasteiger partial charge on any atom is -0.396 e. The monoisotopic (exact) mass is 288 g/mol. The molecule has 1 fully saturated rings. The highest BCUT2D eigenvalue weighted by Gasteiger charge is 2.24. The molecule has 1 aliphatic rings. The van der Waals surface area contributed by atoms with E-state index in [2.05, 4.69) is 10.1 Å². The maximum Gasteiger partial charge on any atom is 0.255 e. The van der Waals surface area contributed by atoms with Crippen molar-refractivity contribution in [3.8, 4) is 0 Å². The maximum atomic E-state index is 12.6. The van der Waals surface area contributed by atoms with Crippen LogP contribution in [-0.4, -0.2) is 50.4 Å². The molecule has 0 aliphatic carbocycles. The Kier molecular flexibility index (Phi) is 3.63. The van der Waals surface area contributed by atoms with E-state index in [1.807, 2.05) is 24.9 Å². The number of carbonyl (C=O) groups is 1. The number of aromatic nitrogens is 3. The van der Waals surface area contributed by atoms with Gasteiger partial charge in [0.05, 0.1) is 11.3 Å². The van der Waals surface area contributed by atoms with Crippen molar-refractivity contribution in [1.82, 2.24) is 19.7 Å². The predicted molar refractivity (Wildman–Crippen MR) is 79.0 cm³/mol. The molecule has 1 N–H and O–H groups in total. The van der Waals surface area contributed by atoms with Gasteiger partial charge in [0.25, 0.3) is 5.91 Å². The minimum atomic E-state index is 0.0176. The normalized spacial score (nSPS) is 16.6. The zero-order valence-electron chi connectivity index (χ0n) is 12.4. The number of fused-ring (bicyclic) bond motifs is 1. The number of hydrogen-bond acceptors (Lipinski definition) is 4. The molecule has 1 aliphatic heterocycles. The van der Waals surface area contributed by atoms with Crippen LogP contribution in [-0.2, 0) is 7.05 Å². The zero-order valence-corrected chi connectivity index (χ0v) is 12.4. The Balaban J connectivity index is 1.83. The molecular formula is C15H20N4O2. The first-order valence-electron chi connectivity index (χ1n) is 7.29. The molecule has 0 spiro atoms. The molecule has 6 nitrogen and oxygen atoms in total. The zero-order chi connectivity index (χ0) is 15.0. The molecule has 0 saturated carbocycles. The van der Waals surface area contributed by atoms with Gasteiger partial charge in [-0.25, -0.2) is 4.98 Å². The summed E-state index contributed by atoms with van der Waals surface area (Å²) in [7, 11) is 1.85. The highest BCUT2D eigenvalue weighted by molar-refractivity contribution is 5.97. The fourth-order valence-corrected chi connectivity index (χ4v) is 2.93. The summed E-state index contributed by atoms with van der Waals surface area (Å²) < 4.78 is 1.73. The fraction of sp³-hybridized carbons (Fsp3) is 0.533. The molecular weight excluding hydrogens is 268 g/mol. The van der Waals surface area contributed by atoms with Gasteiger partial charge in [0.15, 0.2) is 5.65 Å². The van der Waals surface area contributed by atoms with Crippen molar-refractivity contribution in [3.05, 3.63) is 23.5 Å². The molecule has 3 heterocycles. The molecule has 2 aromatic rings. The van der Waals surface area contributed by atoms with E-state index in [9.17, 15) is 4.79 Å². The van der Waals surface area contributed by atoms with E-state index in [0.717, 1.165) is 29.6 Å². The van der Waals surface area contributed by atoms with Gasteiger partial charge in [0, 0.05) is 38.3 Å². The first-order chi connectivity index (χ1) is 10.1. The van der Waals surface area contributed by atoms with E-state index in [1.165, 1.54) is 0 Å². The highest BCUT2D eigenvalue weighted by Crippen LogP contribution is 2.21. The average molecular weight is 288 g/mol. The molecule has 2 aromatic heterocycles. The van der Waals surface area contributed by atoms with E-state index < -0.39 is 0 Å². The first kappa shape index (κ1) is 14.0. The molecule has 1 amide bonds. The van der Waals surface area contributed by atoms with Gasteiger partial charge in [-0.3, -0.25) is 9.48 Å². The lowest BCUT2D eigenvalue weighted by molar-refractivity contribution is 0.0650. The summed E-state index contributed by atoms with van der Waals surface area (Å²) in [5.74, 6) is 0.347. The molecule has 3 rings (SSSR count). The number of nitrogens with zero attached hydrogens (tertiary/aromatic N) is 4. The fourth-order valence-electron chi connectivity index (χ4n) is 2.93. The lowest BCUT2D eigenvalue weighted by Crippen LogP contribution is -2.39. The quantitative estimate of drug-likeness (QED) is 0.899. The number of piperidine rings is 1. The Morgan fingerprint density at radius 1 is 1.43 bits per heavy atom. The molecule has 112 valence electrons. The van der Waals surface area contributed by atoms with Crippen LogP contribution in [0.5, 0.6) is 0 Å². The Labute approximate surface area is 123 Å². The van der Waals surface area contributed by atoms with Gasteiger partial charge >= 0.3 is 0 Å². The number of pyridine rings is 1. The second-order valence-electron chi connectivity index (χ2n) is 5.72. The summed E-state index contributed by atoms with van der Waals surface area (Å²) in [6.07, 6.45) is 3.36. The summed E-state index contributed by atoms with van der Waals surface area (Å²) in [4.78, 5) is 18.8. The standard InChI is InChI=1S/C15H20N4O2/c1-10-13-7-12(8-16-14(13)18(2)17-10)15(21)19-5-3-11(9-20)4-6-19/h7-8,11,20H,3-6,9H2,1-2H3. The van der Waals surface area contributed by atoms with Crippen LogP contribution in [0.3, 0.4) is 0 Å². The number of amides is 1. The summed E-state index contributed by atoms with van der Waals surface area (Å²) in [6, 6.07) is 1.88. The van der Waals surface area contributed by atoms with Crippen LogP contribution in [0, 0.1) is 12.8 Å². The Bertz CT molecular complexity index is 672. The van der Waals surface area contributed by atoms with Crippen molar-refractivity contribution in [3.63, 3.8) is 0 Å². The molecule has 0 radical (unpaired) electrons. The molecule has 0 aromatic carbocycles. The summed E-state index contributed by atoms with van der Waals surface area (Å²) in [5, 5.41) is 14.4. The van der Waals surface area contributed by atoms with E-state index >= 15 is 0 Å². The molecule has 0 bridgehead atoms. The largest absolute Gasteiger partial charge is 0.396 e. The van der Waals surface area contributed by atoms with Gasteiger partial charge in [-0.05, 0) is 31.7 Å². The number of rotatable bonds is 2. The Hall–Kier alpha value is -1.95. The van der Waals surface area contributed by atoms with Gasteiger partial charge in [-0.1, -0.05) is 0 Å². The molecule has 0 atom stereocenters. The molecule has 6 heteroatoms. The average Bonchev–Trinajstić information content (AvgIpc) is 2.81. The highest BCUT2D eigenvalue weighted by atomic mass is 16.3. The van der Waals surface area contributed by atoms with Gasteiger partial charge in [-0.15, -0.1) is 0 Å². The third-order valence-corrected chi connectivity index (χ3v) is 4.27. The van der Waals surface area contributed by atoms with E-state index in [4.69, 9.17) is 5.11 Å². The smallest absolute Gasteiger partial charge is 0.255 e. The number of likely N-dealkylation sites (tertiary alicyclic amines) is 1. The molecule has 1 saturated heterocycles. The number of carbonyl (C=O) groups excluding carboxylic acids is 1. The number of aliphatic hydroxyl groups is 1. The van der Waals surface area contributed by atoms with Crippen molar-refractivity contribution in [2.24, 2.45) is 13.0 Å². The Morgan fingerprint density at radius 3 is 2.81 bits per heavy atom. The van der Waals surface area contributed by atoms with Crippen LogP contribution in [0.4, 0.5) is 0 Å². The van der Waals surface area contributed by atoms with Gasteiger partial charge in [-0.2, -0.15) is 5.10 Å². The number of aliphatic hydroxyl groups excluding tert-OH is 1. The molecule has 21 heavy (non-hydrogen) atoms. The van der Waals surface area contributed by atoms with Crippen molar-refractivity contribution in [1.29, 1.82) is 0 Å². The Morgan fingerprint density at radius 2 is 2.14 bits per heavy atom. The first-order valence-corrected chi connectivity index (χ1v) is 7.29.